The van der Waals surface area contributed by atoms with Crippen LogP contribution < -0.4 is 10.6 Å². The lowest BCUT2D eigenvalue weighted by atomic mass is 9.97. The van der Waals surface area contributed by atoms with E-state index in [1.807, 2.05) is 35.9 Å². The molecule has 5 rings (SSSR count). The van der Waals surface area contributed by atoms with E-state index >= 15 is 0 Å². The summed E-state index contributed by atoms with van der Waals surface area (Å²) in [4.78, 5) is 0. The highest BCUT2D eigenvalue weighted by Gasteiger charge is 2.19. The maximum absolute atomic E-state index is 4.78. The van der Waals surface area contributed by atoms with Crippen LogP contribution in [-0.2, 0) is 14.1 Å². The van der Waals surface area contributed by atoms with Crippen LogP contribution in [0.4, 0.5) is 11.4 Å². The van der Waals surface area contributed by atoms with Crippen molar-refractivity contribution in [3.63, 3.8) is 0 Å². The third-order valence-corrected chi connectivity index (χ3v) is 5.71. The molecule has 6 nitrogen and oxygen atoms in total. The Balaban J connectivity index is 1.72. The van der Waals surface area contributed by atoms with E-state index in [1.54, 1.807) is 0 Å². The summed E-state index contributed by atoms with van der Waals surface area (Å²) in [5.41, 5.74) is 9.16. The standard InChI is InChI=1S/C23H26N6/c1-14-9-18(23-20(10-14)24-8-7-15(2)26-23)16-5-6-21-19(11-16)22(27-29(21)4)17-12-25-28(3)13-17/h5-6,9-13,15,24,26H,7-8H2,1-4H3. The van der Waals surface area contributed by atoms with Crippen molar-refractivity contribution in [1.29, 1.82) is 0 Å². The molecule has 148 valence electrons. The fourth-order valence-corrected chi connectivity index (χ4v) is 4.24. The molecule has 4 aromatic rings. The lowest BCUT2D eigenvalue weighted by Crippen LogP contribution is -2.15. The summed E-state index contributed by atoms with van der Waals surface area (Å²) in [6.07, 6.45) is 4.99. The Bertz CT molecular complexity index is 1220. The Hall–Kier alpha value is -3.28. The molecule has 1 unspecified atom stereocenters. The number of aryl methyl sites for hydroxylation is 3. The predicted octanol–water partition coefficient (Wildman–Crippen LogP) is 4.57. The van der Waals surface area contributed by atoms with Crippen LogP contribution in [0, 0.1) is 6.92 Å². The molecule has 2 N–H and O–H groups in total. The highest BCUT2D eigenvalue weighted by Crippen LogP contribution is 2.39. The van der Waals surface area contributed by atoms with Crippen molar-refractivity contribution in [1.82, 2.24) is 19.6 Å². The number of rotatable bonds is 2. The van der Waals surface area contributed by atoms with E-state index in [9.17, 15) is 0 Å². The highest BCUT2D eigenvalue weighted by molar-refractivity contribution is 5.98. The van der Waals surface area contributed by atoms with Gasteiger partial charge in [-0.1, -0.05) is 6.07 Å². The Morgan fingerprint density at radius 2 is 1.97 bits per heavy atom. The summed E-state index contributed by atoms with van der Waals surface area (Å²) >= 11 is 0. The maximum atomic E-state index is 4.78. The van der Waals surface area contributed by atoms with Gasteiger partial charge in [0.15, 0.2) is 0 Å². The molecule has 2 aromatic heterocycles. The van der Waals surface area contributed by atoms with Gasteiger partial charge >= 0.3 is 0 Å². The summed E-state index contributed by atoms with van der Waals surface area (Å²) in [5.74, 6) is 0. The van der Waals surface area contributed by atoms with Crippen molar-refractivity contribution in [2.75, 3.05) is 17.2 Å². The molecule has 0 saturated heterocycles. The zero-order chi connectivity index (χ0) is 20.1. The largest absolute Gasteiger partial charge is 0.383 e. The molecule has 1 atom stereocenters. The topological polar surface area (TPSA) is 59.7 Å². The summed E-state index contributed by atoms with van der Waals surface area (Å²) in [5, 5.41) is 17.6. The molecule has 6 heteroatoms. The minimum Gasteiger partial charge on any atom is -0.383 e. The van der Waals surface area contributed by atoms with Crippen LogP contribution in [0.1, 0.15) is 18.9 Å². The molecule has 29 heavy (non-hydrogen) atoms. The van der Waals surface area contributed by atoms with E-state index in [4.69, 9.17) is 5.10 Å². The molecule has 0 spiro atoms. The molecular weight excluding hydrogens is 360 g/mol. The smallest absolute Gasteiger partial charge is 0.103 e. The number of aromatic nitrogens is 4. The van der Waals surface area contributed by atoms with Crippen molar-refractivity contribution in [2.24, 2.45) is 14.1 Å². The van der Waals surface area contributed by atoms with Crippen LogP contribution in [0.5, 0.6) is 0 Å². The fourth-order valence-electron chi connectivity index (χ4n) is 4.24. The fraction of sp³-hybridized carbons (Fsp3) is 0.304. The minimum atomic E-state index is 0.429. The average molecular weight is 387 g/mol. The molecule has 0 radical (unpaired) electrons. The average Bonchev–Trinajstić information content (AvgIpc) is 3.20. The van der Waals surface area contributed by atoms with Crippen LogP contribution in [0.2, 0.25) is 0 Å². The molecule has 2 aromatic carbocycles. The van der Waals surface area contributed by atoms with E-state index in [-0.39, 0.29) is 0 Å². The van der Waals surface area contributed by atoms with E-state index in [0.717, 1.165) is 35.1 Å². The first-order valence-corrected chi connectivity index (χ1v) is 10.1. The van der Waals surface area contributed by atoms with E-state index < -0.39 is 0 Å². The number of fused-ring (bicyclic) bond motifs is 2. The molecule has 3 heterocycles. The predicted molar refractivity (Wildman–Crippen MR) is 119 cm³/mol. The molecule has 0 aliphatic carbocycles. The summed E-state index contributed by atoms with van der Waals surface area (Å²) in [7, 11) is 3.93. The number of hydrogen-bond donors (Lipinski definition) is 2. The van der Waals surface area contributed by atoms with Crippen molar-refractivity contribution >= 4 is 22.3 Å². The first-order valence-electron chi connectivity index (χ1n) is 10.1. The van der Waals surface area contributed by atoms with Crippen LogP contribution in [0.25, 0.3) is 33.3 Å². The van der Waals surface area contributed by atoms with Gasteiger partial charge in [0.2, 0.25) is 0 Å². The van der Waals surface area contributed by atoms with Gasteiger partial charge in [0.05, 0.1) is 23.1 Å². The molecular formula is C23H26N6. The molecule has 1 aliphatic heterocycles. The lowest BCUT2D eigenvalue weighted by molar-refractivity contribution is 0.746. The van der Waals surface area contributed by atoms with E-state index in [2.05, 4.69) is 59.9 Å². The van der Waals surface area contributed by atoms with Gasteiger partial charge in [0, 0.05) is 49.4 Å². The number of benzene rings is 2. The molecule has 0 saturated carbocycles. The Labute approximate surface area is 170 Å². The SMILES string of the molecule is Cc1cc2c(c(-c3ccc4c(c3)c(-c3cnn(C)c3)nn4C)c1)NC(C)CCN2. The normalized spacial score (nSPS) is 16.2. The van der Waals surface area contributed by atoms with Gasteiger partial charge < -0.3 is 10.6 Å². The first kappa shape index (κ1) is 17.8. The third-order valence-electron chi connectivity index (χ3n) is 5.71. The van der Waals surface area contributed by atoms with Crippen molar-refractivity contribution in [3.8, 4) is 22.4 Å². The van der Waals surface area contributed by atoms with Crippen LogP contribution in [-0.4, -0.2) is 32.1 Å². The second-order valence-corrected chi connectivity index (χ2v) is 8.10. The molecule has 0 amide bonds. The second kappa shape index (κ2) is 6.65. The maximum Gasteiger partial charge on any atom is 0.103 e. The Morgan fingerprint density at radius 1 is 1.10 bits per heavy atom. The number of anilines is 2. The lowest BCUT2D eigenvalue weighted by Gasteiger charge is -2.18. The van der Waals surface area contributed by atoms with Crippen molar-refractivity contribution in [3.05, 3.63) is 48.3 Å². The zero-order valence-corrected chi connectivity index (χ0v) is 17.3. The van der Waals surface area contributed by atoms with Crippen LogP contribution in [0.3, 0.4) is 0 Å². The molecule has 1 aliphatic rings. The molecule has 0 fully saturated rings. The number of hydrogen-bond acceptors (Lipinski definition) is 4. The zero-order valence-electron chi connectivity index (χ0n) is 17.3. The number of nitrogens with one attached hydrogen (secondary N) is 2. The minimum absolute atomic E-state index is 0.429. The second-order valence-electron chi connectivity index (χ2n) is 8.10. The summed E-state index contributed by atoms with van der Waals surface area (Å²) in [6.45, 7) is 5.38. The van der Waals surface area contributed by atoms with E-state index in [0.29, 0.717) is 6.04 Å². The Morgan fingerprint density at radius 3 is 2.76 bits per heavy atom. The van der Waals surface area contributed by atoms with Crippen LogP contribution >= 0.6 is 0 Å². The van der Waals surface area contributed by atoms with Crippen LogP contribution in [0.15, 0.2) is 42.7 Å². The first-order chi connectivity index (χ1) is 14.0. The van der Waals surface area contributed by atoms with Crippen molar-refractivity contribution in [2.45, 2.75) is 26.3 Å². The van der Waals surface area contributed by atoms with Gasteiger partial charge in [-0.05, 0) is 55.7 Å². The number of nitrogens with zero attached hydrogens (tertiary/aromatic N) is 4. The summed E-state index contributed by atoms with van der Waals surface area (Å²) < 4.78 is 3.76. The monoisotopic (exact) mass is 386 g/mol. The van der Waals surface area contributed by atoms with Gasteiger partial charge in [0.1, 0.15) is 5.69 Å². The Kier molecular flexibility index (Phi) is 4.08. The van der Waals surface area contributed by atoms with E-state index in [1.165, 1.54) is 28.1 Å². The molecule has 0 bridgehead atoms. The quantitative estimate of drug-likeness (QED) is 0.530. The third kappa shape index (κ3) is 3.05. The summed E-state index contributed by atoms with van der Waals surface area (Å²) in [6, 6.07) is 11.6. The van der Waals surface area contributed by atoms with Gasteiger partial charge in [-0.15, -0.1) is 0 Å². The van der Waals surface area contributed by atoms with Gasteiger partial charge in [-0.25, -0.2) is 0 Å². The van der Waals surface area contributed by atoms with Gasteiger partial charge in [0.25, 0.3) is 0 Å². The highest BCUT2D eigenvalue weighted by atomic mass is 15.3. The van der Waals surface area contributed by atoms with Gasteiger partial charge in [-0.3, -0.25) is 9.36 Å². The van der Waals surface area contributed by atoms with Crippen molar-refractivity contribution < 1.29 is 0 Å². The van der Waals surface area contributed by atoms with Gasteiger partial charge in [-0.2, -0.15) is 10.2 Å².